The highest BCUT2D eigenvalue weighted by molar-refractivity contribution is 7.86. The Balaban J connectivity index is 2.29. The van der Waals surface area contributed by atoms with Crippen molar-refractivity contribution >= 4 is 10.8 Å². The van der Waals surface area contributed by atoms with E-state index in [2.05, 4.69) is 5.32 Å². The van der Waals surface area contributed by atoms with Gasteiger partial charge in [0.2, 0.25) is 0 Å². The quantitative estimate of drug-likeness (QED) is 0.814. The molecule has 1 N–H and O–H groups in total. The van der Waals surface area contributed by atoms with Crippen LogP contribution in [-0.2, 0) is 10.8 Å². The molecule has 2 nitrogen and oxygen atoms in total. The van der Waals surface area contributed by atoms with Gasteiger partial charge in [-0.25, -0.2) is 4.39 Å². The Labute approximate surface area is 97.7 Å². The Morgan fingerprint density at radius 1 is 1.38 bits per heavy atom. The summed E-state index contributed by atoms with van der Waals surface area (Å²) in [5.74, 6) is -0.224. The molecule has 4 unspecified atom stereocenters. The second-order valence-corrected chi connectivity index (χ2v) is 6.46. The van der Waals surface area contributed by atoms with Crippen molar-refractivity contribution in [3.63, 3.8) is 0 Å². The van der Waals surface area contributed by atoms with Gasteiger partial charge >= 0.3 is 0 Å². The van der Waals surface area contributed by atoms with Crippen molar-refractivity contribution in [2.24, 2.45) is 0 Å². The number of nitrogens with one attached hydrogen (secondary N) is 1. The van der Waals surface area contributed by atoms with E-state index in [9.17, 15) is 8.60 Å². The first-order chi connectivity index (χ1) is 7.61. The summed E-state index contributed by atoms with van der Waals surface area (Å²) in [6.07, 6.45) is 0. The molecular formula is C12H16FNOS. The van der Waals surface area contributed by atoms with E-state index in [-0.39, 0.29) is 22.4 Å². The van der Waals surface area contributed by atoms with Crippen LogP contribution in [0.1, 0.15) is 25.5 Å². The number of hydrogen-bond acceptors (Lipinski definition) is 2. The summed E-state index contributed by atoms with van der Waals surface area (Å²) < 4.78 is 25.6. The molecule has 0 aromatic heterocycles. The van der Waals surface area contributed by atoms with E-state index in [1.54, 1.807) is 12.1 Å². The van der Waals surface area contributed by atoms with Gasteiger partial charge in [0.1, 0.15) is 5.82 Å². The Bertz CT molecular complexity index is 410. The van der Waals surface area contributed by atoms with Crippen LogP contribution in [0, 0.1) is 5.82 Å². The SMILES string of the molecule is CC1CNC(c2ccccc2F)C(C)S1=O. The molecule has 1 saturated heterocycles. The Hall–Kier alpha value is -0.740. The molecule has 1 fully saturated rings. The topological polar surface area (TPSA) is 29.1 Å². The third-order valence-corrected chi connectivity index (χ3v) is 5.06. The predicted molar refractivity (Wildman–Crippen MR) is 64.2 cm³/mol. The highest BCUT2D eigenvalue weighted by atomic mass is 32.2. The maximum atomic E-state index is 13.6. The number of benzene rings is 1. The monoisotopic (exact) mass is 241 g/mol. The molecule has 4 heteroatoms. The molecule has 0 bridgehead atoms. The van der Waals surface area contributed by atoms with Crippen molar-refractivity contribution in [3.8, 4) is 0 Å². The molecule has 0 amide bonds. The van der Waals surface area contributed by atoms with Gasteiger partial charge in [-0.15, -0.1) is 0 Å². The smallest absolute Gasteiger partial charge is 0.128 e. The van der Waals surface area contributed by atoms with E-state index in [0.717, 1.165) is 0 Å². The summed E-state index contributed by atoms with van der Waals surface area (Å²) in [6, 6.07) is 6.55. The summed E-state index contributed by atoms with van der Waals surface area (Å²) in [4.78, 5) is 0. The van der Waals surface area contributed by atoms with E-state index in [1.165, 1.54) is 6.07 Å². The van der Waals surface area contributed by atoms with E-state index < -0.39 is 10.8 Å². The lowest BCUT2D eigenvalue weighted by Crippen LogP contribution is -2.46. The van der Waals surface area contributed by atoms with Gasteiger partial charge in [-0.3, -0.25) is 4.21 Å². The van der Waals surface area contributed by atoms with E-state index in [1.807, 2.05) is 19.9 Å². The number of hydrogen-bond donors (Lipinski definition) is 1. The minimum Gasteiger partial charge on any atom is -0.308 e. The Morgan fingerprint density at radius 3 is 2.75 bits per heavy atom. The van der Waals surface area contributed by atoms with E-state index >= 15 is 0 Å². The minimum absolute atomic E-state index is 0.0550. The van der Waals surface area contributed by atoms with Gasteiger partial charge in [0.05, 0.1) is 5.25 Å². The summed E-state index contributed by atoms with van der Waals surface area (Å²) >= 11 is 0. The minimum atomic E-state index is -0.898. The first-order valence-electron chi connectivity index (χ1n) is 5.48. The average molecular weight is 241 g/mol. The molecule has 1 heterocycles. The van der Waals surface area contributed by atoms with Gasteiger partial charge in [0.25, 0.3) is 0 Å². The van der Waals surface area contributed by atoms with Crippen LogP contribution < -0.4 is 5.32 Å². The molecule has 1 aromatic carbocycles. The second-order valence-electron chi connectivity index (χ2n) is 4.25. The normalized spacial score (nSPS) is 34.9. The lowest BCUT2D eigenvalue weighted by atomic mass is 10.0. The van der Waals surface area contributed by atoms with Crippen molar-refractivity contribution in [1.29, 1.82) is 0 Å². The van der Waals surface area contributed by atoms with Crippen molar-refractivity contribution in [1.82, 2.24) is 5.32 Å². The molecule has 1 aliphatic rings. The van der Waals surface area contributed by atoms with Crippen LogP contribution >= 0.6 is 0 Å². The first-order valence-corrected chi connectivity index (χ1v) is 6.76. The molecular weight excluding hydrogens is 225 g/mol. The molecule has 4 atom stereocenters. The van der Waals surface area contributed by atoms with Gasteiger partial charge in [0.15, 0.2) is 0 Å². The Kier molecular flexibility index (Phi) is 3.40. The van der Waals surface area contributed by atoms with Crippen LogP contribution in [0.3, 0.4) is 0 Å². The molecule has 0 spiro atoms. The lowest BCUT2D eigenvalue weighted by molar-refractivity contribution is 0.467. The van der Waals surface area contributed by atoms with Gasteiger partial charge < -0.3 is 5.32 Å². The zero-order valence-corrected chi connectivity index (χ0v) is 10.3. The van der Waals surface area contributed by atoms with Crippen molar-refractivity contribution in [2.75, 3.05) is 6.54 Å². The third kappa shape index (κ3) is 2.04. The molecule has 16 heavy (non-hydrogen) atoms. The van der Waals surface area contributed by atoms with Crippen LogP contribution in [0.4, 0.5) is 4.39 Å². The van der Waals surface area contributed by atoms with Crippen molar-refractivity contribution < 1.29 is 8.60 Å². The average Bonchev–Trinajstić information content (AvgIpc) is 2.28. The molecule has 0 radical (unpaired) electrons. The second kappa shape index (κ2) is 4.63. The zero-order valence-electron chi connectivity index (χ0n) is 9.44. The first kappa shape index (κ1) is 11.7. The molecule has 2 rings (SSSR count). The van der Waals surface area contributed by atoms with Crippen LogP contribution in [0.5, 0.6) is 0 Å². The molecule has 0 saturated carbocycles. The summed E-state index contributed by atoms with van der Waals surface area (Å²) in [5.41, 5.74) is 0.621. The number of halogens is 1. The van der Waals surface area contributed by atoms with Gasteiger partial charge in [-0.05, 0) is 19.9 Å². The lowest BCUT2D eigenvalue weighted by Gasteiger charge is -2.33. The standard InChI is InChI=1S/C12H16FNOS/c1-8-7-14-12(9(2)16(8)15)10-5-3-4-6-11(10)13/h3-6,8-9,12,14H,7H2,1-2H3. The summed E-state index contributed by atoms with van der Waals surface area (Å²) in [6.45, 7) is 4.54. The fourth-order valence-electron chi connectivity index (χ4n) is 2.13. The van der Waals surface area contributed by atoms with Crippen LogP contribution in [0.2, 0.25) is 0 Å². The molecule has 1 aromatic rings. The fraction of sp³-hybridized carbons (Fsp3) is 0.500. The highest BCUT2D eigenvalue weighted by Gasteiger charge is 2.33. The van der Waals surface area contributed by atoms with Gasteiger partial charge in [-0.1, -0.05) is 18.2 Å². The Morgan fingerprint density at radius 2 is 2.06 bits per heavy atom. The fourth-order valence-corrected chi connectivity index (χ4v) is 3.64. The molecule has 1 aliphatic heterocycles. The summed E-state index contributed by atoms with van der Waals surface area (Å²) in [7, 11) is -0.898. The van der Waals surface area contributed by atoms with E-state index in [0.29, 0.717) is 12.1 Å². The maximum Gasteiger partial charge on any atom is 0.128 e. The van der Waals surface area contributed by atoms with Crippen LogP contribution in [0.25, 0.3) is 0 Å². The third-order valence-electron chi connectivity index (χ3n) is 3.10. The zero-order chi connectivity index (χ0) is 11.7. The highest BCUT2D eigenvalue weighted by Crippen LogP contribution is 2.27. The maximum absolute atomic E-state index is 13.6. The summed E-state index contributed by atoms with van der Waals surface area (Å²) in [5, 5.41) is 3.36. The van der Waals surface area contributed by atoms with Crippen LogP contribution in [-0.4, -0.2) is 21.3 Å². The largest absolute Gasteiger partial charge is 0.308 e. The van der Waals surface area contributed by atoms with Gasteiger partial charge in [-0.2, -0.15) is 0 Å². The van der Waals surface area contributed by atoms with Crippen LogP contribution in [0.15, 0.2) is 24.3 Å². The van der Waals surface area contributed by atoms with Crippen molar-refractivity contribution in [3.05, 3.63) is 35.6 Å². The van der Waals surface area contributed by atoms with E-state index in [4.69, 9.17) is 0 Å². The van der Waals surface area contributed by atoms with Crippen molar-refractivity contribution in [2.45, 2.75) is 30.4 Å². The van der Waals surface area contributed by atoms with Gasteiger partial charge in [0, 0.05) is 34.2 Å². The molecule has 0 aliphatic carbocycles. The predicted octanol–water partition coefficient (Wildman–Crippen LogP) is 2.00. The molecule has 88 valence electrons. The number of rotatable bonds is 1.